The van der Waals surface area contributed by atoms with Crippen molar-refractivity contribution in [3.05, 3.63) is 52.8 Å². The van der Waals surface area contributed by atoms with Crippen molar-refractivity contribution in [2.24, 2.45) is 0 Å². The zero-order valence-corrected chi connectivity index (χ0v) is 12.1. The molecule has 0 saturated carbocycles. The van der Waals surface area contributed by atoms with Gasteiger partial charge < -0.3 is 10.6 Å². The third kappa shape index (κ3) is 3.32. The normalized spacial score (nSPS) is 10.0. The Balaban J connectivity index is 2.23. The van der Waals surface area contributed by atoms with Crippen LogP contribution in [0.4, 0.5) is 11.4 Å². The quantitative estimate of drug-likeness (QED) is 0.848. The van der Waals surface area contributed by atoms with Gasteiger partial charge in [-0.3, -0.25) is 4.79 Å². The van der Waals surface area contributed by atoms with Gasteiger partial charge in [-0.1, -0.05) is 12.1 Å². The van der Waals surface area contributed by atoms with Crippen LogP contribution in [0.1, 0.15) is 17.3 Å². The second kappa shape index (κ2) is 6.33. The summed E-state index contributed by atoms with van der Waals surface area (Å²) in [6, 6.07) is 11.0. The molecule has 2 aromatic rings. The largest absolute Gasteiger partial charge is 0.385 e. The molecule has 0 aliphatic carbocycles. The van der Waals surface area contributed by atoms with Crippen LogP contribution in [0.25, 0.3) is 0 Å². The molecular weight excluding hydrogens is 306 g/mol. The molecule has 0 aliphatic rings. The van der Waals surface area contributed by atoms with Crippen molar-refractivity contribution in [3.8, 4) is 0 Å². The highest BCUT2D eigenvalue weighted by Crippen LogP contribution is 2.21. The molecule has 5 heteroatoms. The maximum absolute atomic E-state index is 12.3. The van der Waals surface area contributed by atoms with E-state index in [-0.39, 0.29) is 5.91 Å². The number of aromatic nitrogens is 1. The van der Waals surface area contributed by atoms with E-state index in [9.17, 15) is 4.79 Å². The zero-order chi connectivity index (χ0) is 13.7. The molecule has 4 nitrogen and oxygen atoms in total. The first-order valence-electron chi connectivity index (χ1n) is 5.97. The first-order valence-corrected chi connectivity index (χ1v) is 6.76. The molecule has 0 bridgehead atoms. The van der Waals surface area contributed by atoms with Crippen LogP contribution in [0.2, 0.25) is 0 Å². The second-order valence-electron chi connectivity index (χ2n) is 3.87. The molecule has 2 N–H and O–H groups in total. The third-order valence-electron chi connectivity index (χ3n) is 2.55. The van der Waals surface area contributed by atoms with E-state index in [0.29, 0.717) is 15.9 Å². The number of nitrogens with one attached hydrogen (secondary N) is 2. The van der Waals surface area contributed by atoms with Crippen molar-refractivity contribution >= 4 is 33.2 Å². The van der Waals surface area contributed by atoms with Crippen LogP contribution in [0.15, 0.2) is 47.2 Å². The van der Waals surface area contributed by atoms with Crippen molar-refractivity contribution in [3.63, 3.8) is 0 Å². The lowest BCUT2D eigenvalue weighted by molar-refractivity contribution is 0.102. The number of carbonyl (C=O) groups excluding carboxylic acids is 1. The maximum Gasteiger partial charge on any atom is 0.257 e. The SMILES string of the molecule is CCNc1ccccc1C(=O)Nc1cccnc1Br. The number of pyridine rings is 1. The average molecular weight is 320 g/mol. The van der Waals surface area contributed by atoms with E-state index in [1.165, 1.54) is 0 Å². The highest BCUT2D eigenvalue weighted by molar-refractivity contribution is 9.10. The summed E-state index contributed by atoms with van der Waals surface area (Å²) in [5, 5.41) is 6.01. The number of halogens is 1. The summed E-state index contributed by atoms with van der Waals surface area (Å²) in [4.78, 5) is 16.3. The summed E-state index contributed by atoms with van der Waals surface area (Å²) in [6.45, 7) is 2.76. The Morgan fingerprint density at radius 1 is 1.21 bits per heavy atom. The van der Waals surface area contributed by atoms with E-state index >= 15 is 0 Å². The lowest BCUT2D eigenvalue weighted by atomic mass is 10.1. The molecule has 1 heterocycles. The van der Waals surface area contributed by atoms with E-state index < -0.39 is 0 Å². The van der Waals surface area contributed by atoms with Gasteiger partial charge in [-0.05, 0) is 47.1 Å². The highest BCUT2D eigenvalue weighted by Gasteiger charge is 2.12. The van der Waals surface area contributed by atoms with Crippen LogP contribution in [-0.4, -0.2) is 17.4 Å². The van der Waals surface area contributed by atoms with Crippen molar-refractivity contribution in [2.75, 3.05) is 17.2 Å². The van der Waals surface area contributed by atoms with E-state index in [2.05, 4.69) is 31.5 Å². The average Bonchev–Trinajstić information content (AvgIpc) is 2.42. The molecule has 0 fully saturated rings. The van der Waals surface area contributed by atoms with E-state index in [0.717, 1.165) is 12.2 Å². The molecule has 0 aliphatic heterocycles. The number of amides is 1. The molecule has 98 valence electrons. The van der Waals surface area contributed by atoms with Gasteiger partial charge in [0, 0.05) is 18.4 Å². The van der Waals surface area contributed by atoms with Gasteiger partial charge in [0.15, 0.2) is 0 Å². The number of hydrogen-bond donors (Lipinski definition) is 2. The lowest BCUT2D eigenvalue weighted by Gasteiger charge is -2.11. The summed E-state index contributed by atoms with van der Waals surface area (Å²) in [5.74, 6) is -0.162. The predicted molar refractivity (Wildman–Crippen MR) is 80.5 cm³/mol. The lowest BCUT2D eigenvalue weighted by Crippen LogP contribution is -2.15. The molecule has 0 radical (unpaired) electrons. The Morgan fingerprint density at radius 2 is 1.95 bits per heavy atom. The summed E-state index contributed by atoms with van der Waals surface area (Å²) < 4.78 is 0.615. The molecular formula is C14H14BrN3O. The van der Waals surface area contributed by atoms with Gasteiger partial charge in [-0.25, -0.2) is 4.98 Å². The molecule has 0 atom stereocenters. The standard InChI is InChI=1S/C14H14BrN3O/c1-2-16-11-7-4-3-6-10(11)14(19)18-12-8-5-9-17-13(12)15/h3-9,16H,2H2,1H3,(H,18,19). The van der Waals surface area contributed by atoms with Gasteiger partial charge in [0.25, 0.3) is 5.91 Å². The molecule has 0 saturated heterocycles. The fourth-order valence-electron chi connectivity index (χ4n) is 1.69. The third-order valence-corrected chi connectivity index (χ3v) is 3.18. The molecule has 19 heavy (non-hydrogen) atoms. The van der Waals surface area contributed by atoms with E-state index in [1.54, 1.807) is 24.4 Å². The topological polar surface area (TPSA) is 54.0 Å². The fraction of sp³-hybridized carbons (Fsp3) is 0.143. The first kappa shape index (κ1) is 13.5. The van der Waals surface area contributed by atoms with Crippen molar-refractivity contribution in [2.45, 2.75) is 6.92 Å². The van der Waals surface area contributed by atoms with Gasteiger partial charge >= 0.3 is 0 Å². The molecule has 1 aromatic heterocycles. The summed E-state index contributed by atoms with van der Waals surface area (Å²) >= 11 is 3.31. The number of rotatable bonds is 4. The minimum absolute atomic E-state index is 0.162. The molecule has 1 amide bonds. The minimum Gasteiger partial charge on any atom is -0.385 e. The van der Waals surface area contributed by atoms with Crippen molar-refractivity contribution < 1.29 is 4.79 Å². The van der Waals surface area contributed by atoms with E-state index in [4.69, 9.17) is 0 Å². The monoisotopic (exact) mass is 319 g/mol. The number of para-hydroxylation sites is 1. The maximum atomic E-state index is 12.3. The Morgan fingerprint density at radius 3 is 2.68 bits per heavy atom. The Labute approximate surface area is 120 Å². The number of benzene rings is 1. The van der Waals surface area contributed by atoms with Gasteiger partial charge in [0.2, 0.25) is 0 Å². The number of anilines is 2. The van der Waals surface area contributed by atoms with Gasteiger partial charge in [0.1, 0.15) is 4.60 Å². The predicted octanol–water partition coefficient (Wildman–Crippen LogP) is 3.53. The van der Waals surface area contributed by atoms with Crippen LogP contribution in [0.3, 0.4) is 0 Å². The van der Waals surface area contributed by atoms with Gasteiger partial charge in [-0.15, -0.1) is 0 Å². The van der Waals surface area contributed by atoms with E-state index in [1.807, 2.05) is 25.1 Å². The molecule has 0 unspecified atom stereocenters. The summed E-state index contributed by atoms with van der Waals surface area (Å²) in [5.41, 5.74) is 2.08. The van der Waals surface area contributed by atoms with Crippen molar-refractivity contribution in [1.29, 1.82) is 0 Å². The Kier molecular flexibility index (Phi) is 4.52. The summed E-state index contributed by atoms with van der Waals surface area (Å²) in [7, 11) is 0. The Bertz CT molecular complexity index is 586. The van der Waals surface area contributed by atoms with Crippen LogP contribution in [-0.2, 0) is 0 Å². The number of nitrogens with zero attached hydrogens (tertiary/aromatic N) is 1. The van der Waals surface area contributed by atoms with Crippen LogP contribution in [0, 0.1) is 0 Å². The minimum atomic E-state index is -0.162. The first-order chi connectivity index (χ1) is 9.22. The number of carbonyl (C=O) groups is 1. The zero-order valence-electron chi connectivity index (χ0n) is 10.5. The Hall–Kier alpha value is -1.88. The molecule has 0 spiro atoms. The van der Waals surface area contributed by atoms with Crippen LogP contribution >= 0.6 is 15.9 Å². The highest BCUT2D eigenvalue weighted by atomic mass is 79.9. The van der Waals surface area contributed by atoms with Crippen LogP contribution < -0.4 is 10.6 Å². The number of hydrogen-bond acceptors (Lipinski definition) is 3. The van der Waals surface area contributed by atoms with Gasteiger partial charge in [-0.2, -0.15) is 0 Å². The van der Waals surface area contributed by atoms with Crippen LogP contribution in [0.5, 0.6) is 0 Å². The second-order valence-corrected chi connectivity index (χ2v) is 4.62. The molecule has 2 rings (SSSR count). The van der Waals surface area contributed by atoms with Gasteiger partial charge in [0.05, 0.1) is 11.3 Å². The smallest absolute Gasteiger partial charge is 0.257 e. The van der Waals surface area contributed by atoms with Crippen molar-refractivity contribution in [1.82, 2.24) is 4.98 Å². The fourth-order valence-corrected chi connectivity index (χ4v) is 2.04. The summed E-state index contributed by atoms with van der Waals surface area (Å²) in [6.07, 6.45) is 1.66. The molecule has 1 aromatic carbocycles.